The van der Waals surface area contributed by atoms with Gasteiger partial charge in [-0.3, -0.25) is 14.5 Å². The number of thiazole rings is 1. The van der Waals surface area contributed by atoms with E-state index in [2.05, 4.69) is 4.98 Å². The maximum atomic E-state index is 12.5. The maximum absolute atomic E-state index is 12.5. The number of aryl methyl sites for hydroxylation is 1. The van der Waals surface area contributed by atoms with Gasteiger partial charge in [-0.05, 0) is 26.2 Å². The zero-order valence-electron chi connectivity index (χ0n) is 11.0. The Morgan fingerprint density at radius 3 is 2.68 bits per heavy atom. The third kappa shape index (κ3) is 2.36. The third-order valence-corrected chi connectivity index (χ3v) is 4.53. The number of carbonyl (C=O) groups excluding carboxylic acids is 2. The number of methoxy groups -OCH3 is 1. The number of nitrogens with zero attached hydrogens (tertiary/aromatic N) is 2. The summed E-state index contributed by atoms with van der Waals surface area (Å²) >= 11 is 1.49. The Morgan fingerprint density at radius 2 is 2.16 bits per heavy atom. The first-order valence-corrected chi connectivity index (χ1v) is 7.33. The lowest BCUT2D eigenvalue weighted by molar-refractivity contribution is -0.143. The van der Waals surface area contributed by atoms with Crippen LogP contribution < -0.4 is 4.90 Å². The second-order valence-electron chi connectivity index (χ2n) is 5.18. The maximum Gasteiger partial charge on any atom is 0.309 e. The van der Waals surface area contributed by atoms with Crippen LogP contribution in [0.25, 0.3) is 0 Å². The molecule has 102 valence electrons. The van der Waals surface area contributed by atoms with Crippen molar-refractivity contribution in [2.45, 2.75) is 32.2 Å². The molecule has 5 nitrogen and oxygen atoms in total. The van der Waals surface area contributed by atoms with E-state index in [1.54, 1.807) is 4.90 Å². The van der Waals surface area contributed by atoms with Crippen molar-refractivity contribution in [2.24, 2.45) is 11.8 Å². The molecule has 1 aromatic heterocycles. The molecule has 0 spiro atoms. The van der Waals surface area contributed by atoms with Crippen molar-refractivity contribution in [3.63, 3.8) is 0 Å². The number of hydrogen-bond donors (Lipinski definition) is 0. The van der Waals surface area contributed by atoms with Crippen LogP contribution in [0.4, 0.5) is 5.13 Å². The first kappa shape index (κ1) is 12.6. The molecule has 2 saturated carbocycles. The van der Waals surface area contributed by atoms with Crippen molar-refractivity contribution in [2.75, 3.05) is 12.0 Å². The van der Waals surface area contributed by atoms with E-state index in [9.17, 15) is 9.59 Å². The average Bonchev–Trinajstić information content (AvgIpc) is 3.29. The van der Waals surface area contributed by atoms with E-state index in [1.165, 1.54) is 18.4 Å². The van der Waals surface area contributed by atoms with E-state index >= 15 is 0 Å². The molecule has 2 aliphatic carbocycles. The molecular weight excluding hydrogens is 264 g/mol. The van der Waals surface area contributed by atoms with Gasteiger partial charge >= 0.3 is 5.97 Å². The van der Waals surface area contributed by atoms with Crippen LogP contribution in [0.3, 0.4) is 0 Å². The van der Waals surface area contributed by atoms with Gasteiger partial charge in [0.15, 0.2) is 5.13 Å². The molecule has 2 fully saturated rings. The molecular formula is C13H16N2O3S. The Bertz CT molecular complexity index is 524. The summed E-state index contributed by atoms with van der Waals surface area (Å²) in [4.78, 5) is 30.1. The van der Waals surface area contributed by atoms with E-state index in [0.717, 1.165) is 23.7 Å². The Balaban J connectivity index is 1.75. The molecule has 0 saturated heterocycles. The number of aromatic nitrogens is 1. The fourth-order valence-corrected chi connectivity index (χ4v) is 3.15. The minimum absolute atomic E-state index is 0.0345. The van der Waals surface area contributed by atoms with E-state index in [1.807, 2.05) is 12.3 Å². The number of esters is 1. The number of carbonyl (C=O) groups is 2. The zero-order chi connectivity index (χ0) is 13.6. The van der Waals surface area contributed by atoms with Gasteiger partial charge in [-0.15, -0.1) is 11.3 Å². The van der Waals surface area contributed by atoms with Gasteiger partial charge in [0, 0.05) is 11.4 Å². The van der Waals surface area contributed by atoms with E-state index in [4.69, 9.17) is 4.74 Å². The van der Waals surface area contributed by atoms with Gasteiger partial charge in [-0.1, -0.05) is 0 Å². The monoisotopic (exact) mass is 280 g/mol. The number of hydrogen-bond acceptors (Lipinski definition) is 5. The molecule has 0 N–H and O–H groups in total. The van der Waals surface area contributed by atoms with Crippen LogP contribution in [-0.2, 0) is 14.3 Å². The summed E-state index contributed by atoms with van der Waals surface area (Å²) in [6.07, 6.45) is 2.67. The summed E-state index contributed by atoms with van der Waals surface area (Å²) < 4.78 is 4.70. The second-order valence-corrected chi connectivity index (χ2v) is 6.02. The Hall–Kier alpha value is -1.43. The number of anilines is 1. The van der Waals surface area contributed by atoms with E-state index in [0.29, 0.717) is 6.42 Å². The minimum atomic E-state index is -0.274. The number of rotatable bonds is 4. The molecule has 0 aromatic carbocycles. The normalized spacial score (nSPS) is 24.9. The van der Waals surface area contributed by atoms with Gasteiger partial charge in [0.05, 0.1) is 24.6 Å². The SMILES string of the molecule is COC(=O)[C@@H]1C[C@@H]1C(=O)N(c1nc(C)cs1)C1CC1. The minimum Gasteiger partial charge on any atom is -0.469 e. The quantitative estimate of drug-likeness (QED) is 0.788. The number of ether oxygens (including phenoxy) is 1. The van der Waals surface area contributed by atoms with Crippen LogP contribution >= 0.6 is 11.3 Å². The van der Waals surface area contributed by atoms with Gasteiger partial charge in [-0.25, -0.2) is 4.98 Å². The first-order valence-electron chi connectivity index (χ1n) is 6.45. The van der Waals surface area contributed by atoms with Crippen LogP contribution in [0.2, 0.25) is 0 Å². The highest BCUT2D eigenvalue weighted by Gasteiger charge is 2.52. The first-order chi connectivity index (χ1) is 9.11. The Kier molecular flexibility index (Phi) is 3.05. The molecule has 1 aromatic rings. The van der Waals surface area contributed by atoms with Crippen molar-refractivity contribution >= 4 is 28.3 Å². The fourth-order valence-electron chi connectivity index (χ4n) is 2.27. The van der Waals surface area contributed by atoms with Crippen LogP contribution in [0.15, 0.2) is 5.38 Å². The summed E-state index contributed by atoms with van der Waals surface area (Å²) in [6, 6.07) is 0.275. The van der Waals surface area contributed by atoms with Gasteiger partial charge in [0.25, 0.3) is 0 Å². The lowest BCUT2D eigenvalue weighted by atomic mass is 10.3. The number of amides is 1. The molecule has 1 heterocycles. The van der Waals surface area contributed by atoms with Crippen LogP contribution in [-0.4, -0.2) is 30.0 Å². The lowest BCUT2D eigenvalue weighted by Gasteiger charge is -2.19. The van der Waals surface area contributed by atoms with Gasteiger partial charge in [-0.2, -0.15) is 0 Å². The highest BCUT2D eigenvalue weighted by atomic mass is 32.1. The molecule has 1 amide bonds. The van der Waals surface area contributed by atoms with Gasteiger partial charge in [0.2, 0.25) is 5.91 Å². The molecule has 19 heavy (non-hydrogen) atoms. The fraction of sp³-hybridized carbons (Fsp3) is 0.615. The summed E-state index contributed by atoms with van der Waals surface area (Å²) in [5.41, 5.74) is 0.929. The summed E-state index contributed by atoms with van der Waals surface area (Å²) in [5.74, 6) is -0.700. The van der Waals surface area contributed by atoms with E-state index in [-0.39, 0.29) is 29.8 Å². The topological polar surface area (TPSA) is 59.5 Å². The standard InChI is InChI=1S/C13H16N2O3S/c1-7-6-19-13(14-7)15(8-3-4-8)11(16)9-5-10(9)12(17)18-2/h6,8-10H,3-5H2,1-2H3/t9-,10+/m0/s1. The van der Waals surface area contributed by atoms with Crippen molar-refractivity contribution in [1.82, 2.24) is 4.98 Å². The molecule has 0 unspecified atom stereocenters. The van der Waals surface area contributed by atoms with Crippen LogP contribution in [0.1, 0.15) is 25.0 Å². The molecule has 3 rings (SSSR count). The molecule has 0 radical (unpaired) electrons. The molecule has 2 aliphatic rings. The second kappa shape index (κ2) is 4.59. The largest absolute Gasteiger partial charge is 0.469 e. The van der Waals surface area contributed by atoms with Crippen molar-refractivity contribution < 1.29 is 14.3 Å². The molecule has 6 heteroatoms. The summed E-state index contributed by atoms with van der Waals surface area (Å²) in [7, 11) is 1.37. The van der Waals surface area contributed by atoms with E-state index < -0.39 is 0 Å². The van der Waals surface area contributed by atoms with Crippen molar-refractivity contribution in [1.29, 1.82) is 0 Å². The summed E-state index contributed by atoms with van der Waals surface area (Å²) in [5, 5.41) is 2.71. The highest BCUT2D eigenvalue weighted by Crippen LogP contribution is 2.44. The average molecular weight is 280 g/mol. The zero-order valence-corrected chi connectivity index (χ0v) is 11.8. The Morgan fingerprint density at radius 1 is 1.42 bits per heavy atom. The predicted molar refractivity (Wildman–Crippen MR) is 71.0 cm³/mol. The van der Waals surface area contributed by atoms with Gasteiger partial charge in [0.1, 0.15) is 0 Å². The predicted octanol–water partition coefficient (Wildman–Crippen LogP) is 1.76. The Labute approximate surface area is 115 Å². The third-order valence-electron chi connectivity index (χ3n) is 3.57. The van der Waals surface area contributed by atoms with Crippen molar-refractivity contribution in [3.05, 3.63) is 11.1 Å². The van der Waals surface area contributed by atoms with Crippen LogP contribution in [0.5, 0.6) is 0 Å². The molecule has 0 aliphatic heterocycles. The van der Waals surface area contributed by atoms with Crippen LogP contribution in [0, 0.1) is 18.8 Å². The highest BCUT2D eigenvalue weighted by molar-refractivity contribution is 7.14. The molecule has 0 bridgehead atoms. The lowest BCUT2D eigenvalue weighted by Crippen LogP contribution is -2.35. The van der Waals surface area contributed by atoms with Gasteiger partial charge < -0.3 is 4.74 Å². The molecule has 2 atom stereocenters. The smallest absolute Gasteiger partial charge is 0.309 e. The van der Waals surface area contributed by atoms with Crippen molar-refractivity contribution in [3.8, 4) is 0 Å². The summed E-state index contributed by atoms with van der Waals surface area (Å²) in [6.45, 7) is 1.92.